The zero-order valence-corrected chi connectivity index (χ0v) is 8.28. The SMILES string of the molecule is Cc1cc2cc(C)oc2cccco1. The Morgan fingerprint density at radius 1 is 1.00 bits per heavy atom. The van der Waals surface area contributed by atoms with Gasteiger partial charge in [-0.2, -0.15) is 0 Å². The minimum Gasteiger partial charge on any atom is -0.470 e. The monoisotopic (exact) mass is 188 g/mol. The van der Waals surface area contributed by atoms with Crippen LogP contribution in [-0.4, -0.2) is 0 Å². The molecule has 0 N–H and O–H groups in total. The van der Waals surface area contributed by atoms with Gasteiger partial charge < -0.3 is 8.83 Å². The molecule has 0 aliphatic rings. The van der Waals surface area contributed by atoms with Gasteiger partial charge in [0.1, 0.15) is 17.1 Å². The van der Waals surface area contributed by atoms with Crippen molar-refractivity contribution in [3.8, 4) is 0 Å². The molecule has 2 rings (SSSR count). The highest BCUT2D eigenvalue weighted by Crippen LogP contribution is 2.17. The van der Waals surface area contributed by atoms with Crippen molar-refractivity contribution in [1.82, 2.24) is 0 Å². The van der Waals surface area contributed by atoms with Gasteiger partial charge in [-0.1, -0.05) is 6.07 Å². The van der Waals surface area contributed by atoms with Crippen LogP contribution < -0.4 is 0 Å². The third-order valence-corrected chi connectivity index (χ3v) is 1.96. The van der Waals surface area contributed by atoms with Gasteiger partial charge in [0.15, 0.2) is 0 Å². The van der Waals surface area contributed by atoms with Gasteiger partial charge in [-0.25, -0.2) is 0 Å². The van der Waals surface area contributed by atoms with Crippen LogP contribution in [0, 0.1) is 13.8 Å². The molecular formula is C12H12O2. The van der Waals surface area contributed by atoms with Crippen molar-refractivity contribution in [2.75, 3.05) is 0 Å². The van der Waals surface area contributed by atoms with E-state index in [2.05, 4.69) is 0 Å². The van der Waals surface area contributed by atoms with Crippen LogP contribution in [0.3, 0.4) is 0 Å². The molecule has 2 heterocycles. The average molecular weight is 188 g/mol. The summed E-state index contributed by atoms with van der Waals surface area (Å²) in [5.74, 6) is 1.76. The summed E-state index contributed by atoms with van der Waals surface area (Å²) in [5.41, 5.74) is 0.872. The Labute approximate surface area is 82.5 Å². The van der Waals surface area contributed by atoms with Gasteiger partial charge in [-0.15, -0.1) is 0 Å². The molecule has 0 atom stereocenters. The van der Waals surface area contributed by atoms with E-state index in [-0.39, 0.29) is 0 Å². The van der Waals surface area contributed by atoms with Gasteiger partial charge in [-0.05, 0) is 38.1 Å². The Morgan fingerprint density at radius 2 is 1.79 bits per heavy atom. The summed E-state index contributed by atoms with van der Waals surface area (Å²) in [6.07, 6.45) is 1.65. The molecule has 0 unspecified atom stereocenters. The van der Waals surface area contributed by atoms with Crippen molar-refractivity contribution in [2.24, 2.45) is 0 Å². The predicted octanol–water partition coefficient (Wildman–Crippen LogP) is 3.77. The lowest BCUT2D eigenvalue weighted by molar-refractivity contribution is 0.521. The maximum atomic E-state index is 5.52. The van der Waals surface area contributed by atoms with E-state index in [1.165, 1.54) is 0 Å². The van der Waals surface area contributed by atoms with Crippen LogP contribution in [0.5, 0.6) is 0 Å². The van der Waals surface area contributed by atoms with Crippen molar-refractivity contribution in [3.63, 3.8) is 0 Å². The third-order valence-electron chi connectivity index (χ3n) is 1.96. The van der Waals surface area contributed by atoms with Crippen LogP contribution in [0.2, 0.25) is 0 Å². The van der Waals surface area contributed by atoms with E-state index in [1.54, 1.807) is 6.26 Å². The number of furan rings is 1. The molecule has 72 valence electrons. The number of aryl methyl sites for hydroxylation is 2. The quantitative estimate of drug-likeness (QED) is 0.629. The molecule has 0 fully saturated rings. The number of hydrogen-bond acceptors (Lipinski definition) is 2. The Hall–Kier alpha value is -1.70. The highest BCUT2D eigenvalue weighted by atomic mass is 16.3. The molecule has 0 radical (unpaired) electrons. The maximum Gasteiger partial charge on any atom is 0.134 e. The van der Waals surface area contributed by atoms with Gasteiger partial charge in [0.2, 0.25) is 0 Å². The van der Waals surface area contributed by atoms with Crippen LogP contribution in [-0.2, 0) is 0 Å². The largest absolute Gasteiger partial charge is 0.470 e. The summed E-state index contributed by atoms with van der Waals surface area (Å²) in [7, 11) is 0. The minimum absolute atomic E-state index is 0.854. The van der Waals surface area contributed by atoms with E-state index in [9.17, 15) is 0 Å². The summed E-state index contributed by atoms with van der Waals surface area (Å²) in [4.78, 5) is 0. The van der Waals surface area contributed by atoms with E-state index < -0.39 is 0 Å². The molecule has 0 saturated carbocycles. The molecule has 0 saturated heterocycles. The molecule has 0 aliphatic carbocycles. The van der Waals surface area contributed by atoms with E-state index in [4.69, 9.17) is 8.83 Å². The second-order valence-electron chi connectivity index (χ2n) is 3.24. The van der Waals surface area contributed by atoms with E-state index >= 15 is 0 Å². The van der Waals surface area contributed by atoms with Gasteiger partial charge in [-0.3, -0.25) is 0 Å². The number of hydrogen-bond donors (Lipinski definition) is 0. The van der Waals surface area contributed by atoms with Crippen LogP contribution >= 0.6 is 0 Å². The smallest absolute Gasteiger partial charge is 0.134 e. The molecule has 0 aliphatic heterocycles. The van der Waals surface area contributed by atoms with Gasteiger partial charge in [0.25, 0.3) is 0 Å². The summed E-state index contributed by atoms with van der Waals surface area (Å²) in [6, 6.07) is 9.62. The average Bonchev–Trinajstić information content (AvgIpc) is 2.47. The second-order valence-corrected chi connectivity index (χ2v) is 3.24. The molecule has 14 heavy (non-hydrogen) atoms. The topological polar surface area (TPSA) is 26.3 Å². The van der Waals surface area contributed by atoms with Crippen LogP contribution in [0.15, 0.2) is 45.4 Å². The Bertz CT molecular complexity index is 490. The van der Waals surface area contributed by atoms with E-state index in [1.807, 2.05) is 44.2 Å². The molecule has 0 aromatic carbocycles. The van der Waals surface area contributed by atoms with Crippen LogP contribution in [0.25, 0.3) is 11.0 Å². The first-order valence-electron chi connectivity index (χ1n) is 4.54. The molecule has 2 heteroatoms. The molecule has 2 nitrogen and oxygen atoms in total. The molecule has 0 spiro atoms. The maximum absolute atomic E-state index is 5.52. The summed E-state index contributed by atoms with van der Waals surface area (Å²) < 4.78 is 10.8. The lowest BCUT2D eigenvalue weighted by atomic mass is 10.3. The van der Waals surface area contributed by atoms with E-state index in [0.717, 1.165) is 22.5 Å². The first kappa shape index (κ1) is 8.88. The molecule has 2 aromatic rings. The lowest BCUT2D eigenvalue weighted by Gasteiger charge is -1.82. The fourth-order valence-corrected chi connectivity index (χ4v) is 1.38. The summed E-state index contributed by atoms with van der Waals surface area (Å²) in [6.45, 7) is 3.86. The Balaban J connectivity index is 2.84. The van der Waals surface area contributed by atoms with Gasteiger partial charge in [0.05, 0.1) is 6.26 Å². The van der Waals surface area contributed by atoms with Crippen molar-refractivity contribution < 1.29 is 8.83 Å². The van der Waals surface area contributed by atoms with Gasteiger partial charge >= 0.3 is 0 Å². The highest BCUT2D eigenvalue weighted by Gasteiger charge is 1.96. The summed E-state index contributed by atoms with van der Waals surface area (Å²) in [5, 5.41) is 1.06. The first-order valence-corrected chi connectivity index (χ1v) is 4.54. The summed E-state index contributed by atoms with van der Waals surface area (Å²) >= 11 is 0. The van der Waals surface area contributed by atoms with Gasteiger partial charge in [0, 0.05) is 5.39 Å². The molecule has 0 amide bonds. The van der Waals surface area contributed by atoms with Crippen molar-refractivity contribution >= 4 is 11.0 Å². The fourth-order valence-electron chi connectivity index (χ4n) is 1.38. The highest BCUT2D eigenvalue weighted by molar-refractivity contribution is 5.76. The minimum atomic E-state index is 0.854. The number of fused-ring (bicyclic) bond motifs is 1. The molecule has 0 bridgehead atoms. The zero-order chi connectivity index (χ0) is 9.97. The normalized spacial score (nSPS) is 10.1. The standard InChI is InChI=1S/C12H12O2/c1-9-7-11-8-10(2)14-12(11)5-3-4-6-13-9/h3-8H,1-2H3. The van der Waals surface area contributed by atoms with Crippen LogP contribution in [0.4, 0.5) is 0 Å². The Kier molecular flexibility index (Phi) is 2.27. The van der Waals surface area contributed by atoms with E-state index in [0.29, 0.717) is 0 Å². The third kappa shape index (κ3) is 1.79. The second kappa shape index (κ2) is 3.58. The fraction of sp³-hybridized carbons (Fsp3) is 0.167. The Morgan fingerprint density at radius 3 is 2.64 bits per heavy atom. The number of rotatable bonds is 0. The van der Waals surface area contributed by atoms with Crippen molar-refractivity contribution in [1.29, 1.82) is 0 Å². The van der Waals surface area contributed by atoms with Crippen molar-refractivity contribution in [2.45, 2.75) is 13.8 Å². The van der Waals surface area contributed by atoms with Crippen molar-refractivity contribution in [3.05, 3.63) is 48.1 Å². The first-order chi connectivity index (χ1) is 6.75. The molecular weight excluding hydrogens is 176 g/mol. The predicted molar refractivity (Wildman–Crippen MR) is 55.6 cm³/mol. The lowest BCUT2D eigenvalue weighted by Crippen LogP contribution is -1.61. The molecule has 2 aromatic heterocycles. The zero-order valence-electron chi connectivity index (χ0n) is 8.28. The van der Waals surface area contributed by atoms with Crippen LogP contribution in [0.1, 0.15) is 11.5 Å².